The molecule has 1 aromatic heterocycles. The Balaban J connectivity index is 2.17. The third-order valence-electron chi connectivity index (χ3n) is 2.52. The molecule has 7 heteroatoms. The summed E-state index contributed by atoms with van der Waals surface area (Å²) in [6.45, 7) is -0.0611. The summed E-state index contributed by atoms with van der Waals surface area (Å²) in [5, 5.41) is 21.8. The number of hydrogen-bond acceptors (Lipinski definition) is 5. The maximum absolute atomic E-state index is 11.0. The number of benzene rings is 1. The average Bonchev–Trinajstić information content (AvgIpc) is 2.91. The number of halogens is 1. The van der Waals surface area contributed by atoms with E-state index in [2.05, 4.69) is 11.8 Å². The molecule has 2 rings (SSSR count). The minimum Gasteiger partial charge on any atom is -0.481 e. The molecular formula is C14H10ClNO4S. The normalized spacial score (nSPS) is 9.81. The molecule has 0 spiro atoms. The van der Waals surface area contributed by atoms with E-state index < -0.39 is 4.92 Å². The molecule has 0 unspecified atom stereocenters. The Morgan fingerprint density at radius 2 is 2.24 bits per heavy atom. The van der Waals surface area contributed by atoms with Gasteiger partial charge in [-0.3, -0.25) is 10.1 Å². The molecule has 0 atom stereocenters. The Morgan fingerprint density at radius 1 is 1.43 bits per heavy atom. The Bertz CT molecular complexity index is 717. The SMILES string of the molecule is O=[N+]([O-])c1cc(Cl)ccc1OCc1sccc1C#CCO. The predicted molar refractivity (Wildman–Crippen MR) is 80.7 cm³/mol. The smallest absolute Gasteiger partial charge is 0.312 e. The van der Waals surface area contributed by atoms with Crippen molar-refractivity contribution < 1.29 is 14.8 Å². The molecule has 0 saturated carbocycles. The molecule has 5 nitrogen and oxygen atoms in total. The number of ether oxygens (including phenoxy) is 1. The zero-order valence-corrected chi connectivity index (χ0v) is 12.3. The summed E-state index contributed by atoms with van der Waals surface area (Å²) in [7, 11) is 0. The number of rotatable bonds is 4. The minimum absolute atomic E-state index is 0.152. The van der Waals surface area contributed by atoms with Crippen LogP contribution in [0.2, 0.25) is 5.02 Å². The number of thiophene rings is 1. The van der Waals surface area contributed by atoms with E-state index in [1.54, 1.807) is 0 Å². The van der Waals surface area contributed by atoms with E-state index in [0.717, 1.165) is 10.4 Å². The monoisotopic (exact) mass is 323 g/mol. The molecule has 0 aliphatic carbocycles. The fourth-order valence-electron chi connectivity index (χ4n) is 1.60. The summed E-state index contributed by atoms with van der Waals surface area (Å²) in [5.74, 6) is 5.51. The van der Waals surface area contributed by atoms with Crippen LogP contribution in [0.3, 0.4) is 0 Å². The summed E-state index contributed by atoms with van der Waals surface area (Å²) in [5.41, 5.74) is 0.563. The van der Waals surface area contributed by atoms with E-state index in [1.807, 2.05) is 11.4 Å². The molecule has 0 saturated heterocycles. The maximum atomic E-state index is 11.0. The highest BCUT2D eigenvalue weighted by Crippen LogP contribution is 2.31. The van der Waals surface area contributed by atoms with E-state index in [-0.39, 0.29) is 29.7 Å². The first-order valence-electron chi connectivity index (χ1n) is 5.84. The summed E-state index contributed by atoms with van der Waals surface area (Å²) in [6, 6.07) is 6.05. The van der Waals surface area contributed by atoms with Crippen molar-refractivity contribution in [2.75, 3.05) is 6.61 Å². The Kier molecular flexibility index (Phi) is 5.17. The van der Waals surface area contributed by atoms with Gasteiger partial charge in [-0.1, -0.05) is 23.4 Å². The summed E-state index contributed by atoms with van der Waals surface area (Å²) in [6.07, 6.45) is 0. The van der Waals surface area contributed by atoms with Gasteiger partial charge in [0.25, 0.3) is 0 Å². The second-order valence-electron chi connectivity index (χ2n) is 3.88. The van der Waals surface area contributed by atoms with Gasteiger partial charge in [0.2, 0.25) is 0 Å². The van der Waals surface area contributed by atoms with E-state index in [1.165, 1.54) is 29.5 Å². The van der Waals surface area contributed by atoms with Gasteiger partial charge in [-0.05, 0) is 23.6 Å². The van der Waals surface area contributed by atoms with Crippen LogP contribution in [0.25, 0.3) is 0 Å². The fourth-order valence-corrected chi connectivity index (χ4v) is 2.50. The molecule has 0 aliphatic heterocycles. The molecule has 1 aromatic carbocycles. The zero-order valence-electron chi connectivity index (χ0n) is 10.7. The van der Waals surface area contributed by atoms with Gasteiger partial charge in [-0.25, -0.2) is 0 Å². The lowest BCUT2D eigenvalue weighted by Gasteiger charge is -2.06. The molecule has 1 heterocycles. The van der Waals surface area contributed by atoms with E-state index in [4.69, 9.17) is 21.4 Å². The average molecular weight is 324 g/mol. The lowest BCUT2D eigenvalue weighted by molar-refractivity contribution is -0.385. The number of nitro benzene ring substituents is 1. The summed E-state index contributed by atoms with van der Waals surface area (Å²) >= 11 is 7.17. The summed E-state index contributed by atoms with van der Waals surface area (Å²) in [4.78, 5) is 11.3. The second kappa shape index (κ2) is 7.09. The number of nitrogens with zero attached hydrogens (tertiary/aromatic N) is 1. The quantitative estimate of drug-likeness (QED) is 0.532. The van der Waals surface area contributed by atoms with Crippen molar-refractivity contribution in [3.63, 3.8) is 0 Å². The Labute approximate surface area is 129 Å². The topological polar surface area (TPSA) is 72.6 Å². The van der Waals surface area contributed by atoms with Crippen molar-refractivity contribution in [1.29, 1.82) is 0 Å². The first kappa shape index (κ1) is 15.3. The van der Waals surface area contributed by atoms with Crippen LogP contribution < -0.4 is 4.74 Å². The third kappa shape index (κ3) is 3.95. The number of aliphatic hydroxyl groups excluding tert-OH is 1. The lowest BCUT2D eigenvalue weighted by Crippen LogP contribution is -1.99. The highest BCUT2D eigenvalue weighted by molar-refractivity contribution is 7.10. The van der Waals surface area contributed by atoms with Crippen molar-refractivity contribution in [1.82, 2.24) is 0 Å². The summed E-state index contributed by atoms with van der Waals surface area (Å²) < 4.78 is 5.50. The number of nitro groups is 1. The molecule has 2 aromatic rings. The van der Waals surface area contributed by atoms with Gasteiger partial charge in [0, 0.05) is 16.7 Å². The van der Waals surface area contributed by atoms with Crippen LogP contribution in [0.15, 0.2) is 29.6 Å². The van der Waals surface area contributed by atoms with Gasteiger partial charge in [0.05, 0.1) is 9.80 Å². The van der Waals surface area contributed by atoms with Crippen molar-refractivity contribution in [3.05, 3.63) is 55.2 Å². The Hall–Kier alpha value is -2.07. The van der Waals surface area contributed by atoms with Crippen LogP contribution in [0.1, 0.15) is 10.4 Å². The largest absolute Gasteiger partial charge is 0.481 e. The van der Waals surface area contributed by atoms with Gasteiger partial charge < -0.3 is 9.84 Å². The van der Waals surface area contributed by atoms with Crippen molar-refractivity contribution >= 4 is 28.6 Å². The number of aliphatic hydroxyl groups is 1. The third-order valence-corrected chi connectivity index (χ3v) is 3.65. The van der Waals surface area contributed by atoms with Crippen molar-refractivity contribution in [3.8, 4) is 17.6 Å². The minimum atomic E-state index is -0.540. The van der Waals surface area contributed by atoms with Gasteiger partial charge in [-0.2, -0.15) is 0 Å². The van der Waals surface area contributed by atoms with Crippen molar-refractivity contribution in [2.45, 2.75) is 6.61 Å². The lowest BCUT2D eigenvalue weighted by atomic mass is 10.2. The molecule has 21 heavy (non-hydrogen) atoms. The van der Waals surface area contributed by atoms with Crippen LogP contribution in [0.5, 0.6) is 5.75 Å². The molecular weight excluding hydrogens is 314 g/mol. The van der Waals surface area contributed by atoms with Crippen LogP contribution in [0, 0.1) is 22.0 Å². The van der Waals surface area contributed by atoms with Crippen LogP contribution in [0.4, 0.5) is 5.69 Å². The molecule has 108 valence electrons. The van der Waals surface area contributed by atoms with Gasteiger partial charge in [0.1, 0.15) is 13.2 Å². The first-order valence-corrected chi connectivity index (χ1v) is 7.10. The van der Waals surface area contributed by atoms with Gasteiger partial charge >= 0.3 is 5.69 Å². The number of hydrogen-bond donors (Lipinski definition) is 1. The maximum Gasteiger partial charge on any atom is 0.312 e. The van der Waals surface area contributed by atoms with Crippen LogP contribution in [-0.4, -0.2) is 16.6 Å². The van der Waals surface area contributed by atoms with E-state index in [0.29, 0.717) is 0 Å². The molecule has 0 bridgehead atoms. The zero-order chi connectivity index (χ0) is 15.2. The second-order valence-corrected chi connectivity index (χ2v) is 5.31. The van der Waals surface area contributed by atoms with Crippen molar-refractivity contribution in [2.24, 2.45) is 0 Å². The fraction of sp³-hybridized carbons (Fsp3) is 0.143. The molecule has 0 fully saturated rings. The standard InChI is InChI=1S/C14H10ClNO4S/c15-11-3-4-13(12(8-11)16(18)19)20-9-14-10(2-1-6-17)5-7-21-14/h3-5,7-8,17H,6,9H2. The van der Waals surface area contributed by atoms with Crippen LogP contribution >= 0.6 is 22.9 Å². The van der Waals surface area contributed by atoms with Crippen LogP contribution in [-0.2, 0) is 6.61 Å². The predicted octanol–water partition coefficient (Wildman–Crippen LogP) is 3.23. The molecule has 0 amide bonds. The van der Waals surface area contributed by atoms with E-state index in [9.17, 15) is 10.1 Å². The highest BCUT2D eigenvalue weighted by atomic mass is 35.5. The van der Waals surface area contributed by atoms with E-state index >= 15 is 0 Å². The van der Waals surface area contributed by atoms with Gasteiger partial charge in [-0.15, -0.1) is 11.3 Å². The highest BCUT2D eigenvalue weighted by Gasteiger charge is 2.16. The molecule has 1 N–H and O–H groups in total. The Morgan fingerprint density at radius 3 is 2.95 bits per heavy atom. The van der Waals surface area contributed by atoms with Gasteiger partial charge in [0.15, 0.2) is 5.75 Å². The first-order chi connectivity index (χ1) is 10.1. The molecule has 0 radical (unpaired) electrons. The molecule has 0 aliphatic rings.